The number of fused-ring (bicyclic) bond motifs is 1. The molecule has 3 N–H and O–H groups in total. The van der Waals surface area contributed by atoms with Crippen LogP contribution in [0.2, 0.25) is 0 Å². The predicted octanol–water partition coefficient (Wildman–Crippen LogP) is 4.85. The Morgan fingerprint density at radius 3 is 2.62 bits per heavy atom. The Morgan fingerprint density at radius 1 is 1.03 bits per heavy atom. The van der Waals surface area contributed by atoms with Gasteiger partial charge in [0.05, 0.1) is 23.8 Å². The Labute approximate surface area is 196 Å². The number of H-pyrrole nitrogens is 1. The molecule has 34 heavy (non-hydrogen) atoms. The van der Waals surface area contributed by atoms with E-state index in [1.165, 1.54) is 0 Å². The number of para-hydroxylation sites is 1. The number of anilines is 2. The van der Waals surface area contributed by atoms with Crippen molar-refractivity contribution in [3.05, 3.63) is 102 Å². The van der Waals surface area contributed by atoms with Crippen LogP contribution in [0.1, 0.15) is 26.5 Å². The second-order valence-corrected chi connectivity index (χ2v) is 7.55. The lowest BCUT2D eigenvalue weighted by Crippen LogP contribution is -2.11. The number of carbonyl (C=O) groups excluding carboxylic acids is 2. The maximum Gasteiger partial charge on any atom is 0.272 e. The second-order valence-electron chi connectivity index (χ2n) is 7.55. The largest absolute Gasteiger partial charge is 0.388 e. The lowest BCUT2D eigenvalue weighted by atomic mass is 10.2. The van der Waals surface area contributed by atoms with Crippen LogP contribution in [0.3, 0.4) is 0 Å². The molecule has 0 bridgehead atoms. The van der Waals surface area contributed by atoms with Gasteiger partial charge in [0.15, 0.2) is 0 Å². The molecule has 0 radical (unpaired) electrons. The summed E-state index contributed by atoms with van der Waals surface area (Å²) in [5, 5.41) is 11.1. The van der Waals surface area contributed by atoms with Crippen LogP contribution in [0.15, 0.2) is 85.3 Å². The molecule has 0 spiro atoms. The van der Waals surface area contributed by atoms with Gasteiger partial charge in [-0.05, 0) is 43.3 Å². The predicted molar refractivity (Wildman–Crippen MR) is 134 cm³/mol. The van der Waals surface area contributed by atoms with Crippen molar-refractivity contribution in [2.75, 3.05) is 17.7 Å². The standard InChI is InChI=1S/C19H14N4O2.C7H10N2/c24-12-13-4-3-6-16(8-13)23-11-15(10-20-23)21-19(25)18-9-14-5-1-2-7-17(14)22-18;1-6-5-7(8-2)3-4-9-6/h1-12,22H,(H,21,25);3-5H,1-2H3,(H,8,9). The van der Waals surface area contributed by atoms with Gasteiger partial charge in [-0.15, -0.1) is 0 Å². The summed E-state index contributed by atoms with van der Waals surface area (Å²) in [4.78, 5) is 30.4. The maximum atomic E-state index is 12.4. The molecule has 0 aliphatic rings. The van der Waals surface area contributed by atoms with Gasteiger partial charge in [-0.25, -0.2) is 4.68 Å². The average Bonchev–Trinajstić information content (AvgIpc) is 3.52. The third-order valence-corrected chi connectivity index (χ3v) is 5.07. The van der Waals surface area contributed by atoms with Gasteiger partial charge in [0.25, 0.3) is 5.91 Å². The van der Waals surface area contributed by atoms with Gasteiger partial charge in [0, 0.05) is 41.1 Å². The van der Waals surface area contributed by atoms with Crippen LogP contribution in [-0.4, -0.2) is 39.0 Å². The van der Waals surface area contributed by atoms with Crippen molar-refractivity contribution < 1.29 is 9.59 Å². The van der Waals surface area contributed by atoms with Gasteiger partial charge in [-0.3, -0.25) is 14.6 Å². The van der Waals surface area contributed by atoms with Gasteiger partial charge in [-0.2, -0.15) is 5.10 Å². The maximum absolute atomic E-state index is 12.4. The first-order chi connectivity index (χ1) is 16.6. The van der Waals surface area contributed by atoms with Crippen molar-refractivity contribution in [1.29, 1.82) is 0 Å². The Balaban J connectivity index is 0.000000257. The molecule has 170 valence electrons. The molecule has 0 aliphatic carbocycles. The lowest BCUT2D eigenvalue weighted by molar-refractivity contribution is 0.102. The third kappa shape index (κ3) is 5.36. The van der Waals surface area contributed by atoms with E-state index in [-0.39, 0.29) is 5.91 Å². The average molecular weight is 453 g/mol. The molecule has 3 aromatic heterocycles. The number of rotatable bonds is 5. The van der Waals surface area contributed by atoms with Crippen LogP contribution < -0.4 is 10.6 Å². The molecule has 8 heteroatoms. The molecular formula is C26H24N6O2. The Kier molecular flexibility index (Phi) is 6.78. The highest BCUT2D eigenvalue weighted by molar-refractivity contribution is 6.05. The molecule has 5 aromatic rings. The summed E-state index contributed by atoms with van der Waals surface area (Å²) in [5.41, 5.74) is 5.43. The first-order valence-electron chi connectivity index (χ1n) is 10.7. The summed E-state index contributed by atoms with van der Waals surface area (Å²) in [6.45, 7) is 1.97. The second kappa shape index (κ2) is 10.3. The highest BCUT2D eigenvalue weighted by atomic mass is 16.1. The van der Waals surface area contributed by atoms with Crippen LogP contribution in [0.25, 0.3) is 16.6 Å². The van der Waals surface area contributed by atoms with Gasteiger partial charge in [0.1, 0.15) is 12.0 Å². The van der Waals surface area contributed by atoms with Gasteiger partial charge in [-0.1, -0.05) is 30.3 Å². The Bertz CT molecular complexity index is 1400. The monoisotopic (exact) mass is 452 g/mol. The van der Waals surface area contributed by atoms with Crippen LogP contribution in [0, 0.1) is 6.92 Å². The minimum Gasteiger partial charge on any atom is -0.388 e. The number of aromatic nitrogens is 4. The molecule has 0 aliphatic heterocycles. The molecule has 0 saturated carbocycles. The number of aryl methyl sites for hydroxylation is 1. The number of carbonyl (C=O) groups is 2. The van der Waals surface area contributed by atoms with Crippen molar-refractivity contribution in [3.63, 3.8) is 0 Å². The SMILES string of the molecule is CNc1ccnc(C)c1.O=Cc1cccc(-n2cc(NC(=O)c3cc4ccccc4[nH]3)cn2)c1. The first kappa shape index (κ1) is 22.5. The van der Waals surface area contributed by atoms with Crippen molar-refractivity contribution in [3.8, 4) is 5.69 Å². The molecule has 8 nitrogen and oxygen atoms in total. The molecule has 0 saturated heterocycles. The summed E-state index contributed by atoms with van der Waals surface area (Å²) in [5.74, 6) is -0.239. The minimum absolute atomic E-state index is 0.239. The van der Waals surface area contributed by atoms with Crippen molar-refractivity contribution in [2.24, 2.45) is 0 Å². The van der Waals surface area contributed by atoms with E-state index in [0.29, 0.717) is 16.9 Å². The van der Waals surface area contributed by atoms with Gasteiger partial charge in [0.2, 0.25) is 0 Å². The van der Waals surface area contributed by atoms with Gasteiger partial charge >= 0.3 is 0 Å². The van der Waals surface area contributed by atoms with E-state index in [2.05, 4.69) is 25.7 Å². The molecule has 2 aromatic carbocycles. The number of nitrogens with one attached hydrogen (secondary N) is 3. The number of aromatic amines is 1. The number of aldehydes is 1. The zero-order chi connectivity index (χ0) is 23.9. The lowest BCUT2D eigenvalue weighted by Gasteiger charge is -2.02. The van der Waals surface area contributed by atoms with E-state index < -0.39 is 0 Å². The molecule has 5 rings (SSSR count). The van der Waals surface area contributed by atoms with E-state index in [0.717, 1.165) is 34.3 Å². The van der Waals surface area contributed by atoms with E-state index in [9.17, 15) is 9.59 Å². The molecule has 0 fully saturated rings. The zero-order valence-electron chi connectivity index (χ0n) is 18.8. The topological polar surface area (TPSA) is 105 Å². The fraction of sp³-hybridized carbons (Fsp3) is 0.0769. The van der Waals surface area contributed by atoms with Crippen LogP contribution in [-0.2, 0) is 0 Å². The number of hydrogen-bond donors (Lipinski definition) is 3. The minimum atomic E-state index is -0.239. The number of amides is 1. The number of pyridine rings is 1. The summed E-state index contributed by atoms with van der Waals surface area (Å²) >= 11 is 0. The van der Waals surface area contributed by atoms with Crippen molar-refractivity contribution >= 4 is 34.5 Å². The molecular weight excluding hydrogens is 428 g/mol. The van der Waals surface area contributed by atoms with E-state index in [1.54, 1.807) is 41.5 Å². The summed E-state index contributed by atoms with van der Waals surface area (Å²) < 4.78 is 1.60. The molecule has 1 amide bonds. The fourth-order valence-electron chi connectivity index (χ4n) is 3.36. The molecule has 0 unspecified atom stereocenters. The quantitative estimate of drug-likeness (QED) is 0.331. The summed E-state index contributed by atoms with van der Waals surface area (Å²) in [6.07, 6.45) is 5.84. The normalized spacial score (nSPS) is 10.3. The Hall–Kier alpha value is -4.72. The Morgan fingerprint density at radius 2 is 1.88 bits per heavy atom. The highest BCUT2D eigenvalue weighted by Gasteiger charge is 2.11. The number of benzene rings is 2. The van der Waals surface area contributed by atoms with E-state index >= 15 is 0 Å². The number of nitrogens with zero attached hydrogens (tertiary/aromatic N) is 3. The first-order valence-corrected chi connectivity index (χ1v) is 10.7. The van der Waals surface area contributed by atoms with Gasteiger partial charge < -0.3 is 15.6 Å². The highest BCUT2D eigenvalue weighted by Crippen LogP contribution is 2.17. The number of hydrogen-bond acceptors (Lipinski definition) is 5. The van der Waals surface area contributed by atoms with Crippen LogP contribution in [0.5, 0.6) is 0 Å². The van der Waals surface area contributed by atoms with Crippen molar-refractivity contribution in [1.82, 2.24) is 19.7 Å². The van der Waals surface area contributed by atoms with E-state index in [1.807, 2.05) is 62.5 Å². The molecule has 0 atom stereocenters. The summed E-state index contributed by atoms with van der Waals surface area (Å²) in [6, 6.07) is 20.5. The van der Waals surface area contributed by atoms with Crippen LogP contribution >= 0.6 is 0 Å². The summed E-state index contributed by atoms with van der Waals surface area (Å²) in [7, 11) is 1.90. The van der Waals surface area contributed by atoms with E-state index in [4.69, 9.17) is 0 Å². The smallest absolute Gasteiger partial charge is 0.272 e. The van der Waals surface area contributed by atoms with Crippen LogP contribution in [0.4, 0.5) is 11.4 Å². The fourth-order valence-corrected chi connectivity index (χ4v) is 3.36. The van der Waals surface area contributed by atoms with Crippen molar-refractivity contribution in [2.45, 2.75) is 6.92 Å². The third-order valence-electron chi connectivity index (χ3n) is 5.07. The molecule has 3 heterocycles. The zero-order valence-corrected chi connectivity index (χ0v) is 18.8.